The van der Waals surface area contributed by atoms with E-state index in [9.17, 15) is 0 Å². The molecule has 100 valence electrons. The van der Waals surface area contributed by atoms with Gasteiger partial charge in [0, 0.05) is 27.0 Å². The van der Waals surface area contributed by atoms with Crippen molar-refractivity contribution in [3.63, 3.8) is 0 Å². The van der Waals surface area contributed by atoms with E-state index in [2.05, 4.69) is 22.0 Å². The minimum absolute atomic E-state index is 0.488. The first-order chi connectivity index (χ1) is 9.26. The predicted octanol–water partition coefficient (Wildman–Crippen LogP) is 4.21. The standard InChI is InChI=1S/C15H16BrNOS/c1-19-15-8-4-7-14(12(15)9-17)18-10-11-5-2-3-6-13(11)16/h2-8H,9-10,17H2,1H3. The van der Waals surface area contributed by atoms with E-state index in [0.717, 1.165) is 21.3 Å². The second-order valence-corrected chi connectivity index (χ2v) is 5.72. The molecular weight excluding hydrogens is 322 g/mol. The second-order valence-electron chi connectivity index (χ2n) is 4.02. The van der Waals surface area contributed by atoms with Crippen LogP contribution in [-0.2, 0) is 13.2 Å². The van der Waals surface area contributed by atoms with E-state index in [1.807, 2.05) is 42.7 Å². The van der Waals surface area contributed by atoms with Crippen LogP contribution in [-0.4, -0.2) is 6.26 Å². The molecule has 0 fully saturated rings. The van der Waals surface area contributed by atoms with Gasteiger partial charge in [-0.25, -0.2) is 0 Å². The van der Waals surface area contributed by atoms with Crippen LogP contribution in [0.25, 0.3) is 0 Å². The molecule has 0 atom stereocenters. The molecule has 0 aromatic heterocycles. The smallest absolute Gasteiger partial charge is 0.125 e. The van der Waals surface area contributed by atoms with Crippen molar-refractivity contribution in [1.29, 1.82) is 0 Å². The van der Waals surface area contributed by atoms with Crippen molar-refractivity contribution >= 4 is 27.7 Å². The number of rotatable bonds is 5. The summed E-state index contributed by atoms with van der Waals surface area (Å²) in [7, 11) is 0. The summed E-state index contributed by atoms with van der Waals surface area (Å²) in [5.74, 6) is 0.866. The molecule has 2 aromatic rings. The molecule has 0 saturated heterocycles. The van der Waals surface area contributed by atoms with Crippen molar-refractivity contribution < 1.29 is 4.74 Å². The van der Waals surface area contributed by atoms with E-state index in [1.54, 1.807) is 11.8 Å². The molecule has 4 heteroatoms. The zero-order valence-corrected chi connectivity index (χ0v) is 13.1. The van der Waals surface area contributed by atoms with Crippen LogP contribution in [0, 0.1) is 0 Å². The average Bonchev–Trinajstić information content (AvgIpc) is 2.45. The highest BCUT2D eigenvalue weighted by atomic mass is 79.9. The SMILES string of the molecule is CSc1cccc(OCc2ccccc2Br)c1CN. The Morgan fingerprint density at radius 3 is 2.63 bits per heavy atom. The largest absolute Gasteiger partial charge is 0.488 e. The lowest BCUT2D eigenvalue weighted by atomic mass is 10.2. The van der Waals surface area contributed by atoms with Crippen LogP contribution < -0.4 is 10.5 Å². The Morgan fingerprint density at radius 2 is 1.95 bits per heavy atom. The van der Waals surface area contributed by atoms with Crippen molar-refractivity contribution in [2.24, 2.45) is 5.73 Å². The van der Waals surface area contributed by atoms with Gasteiger partial charge in [-0.1, -0.05) is 40.2 Å². The van der Waals surface area contributed by atoms with Crippen molar-refractivity contribution in [2.45, 2.75) is 18.0 Å². The summed E-state index contributed by atoms with van der Waals surface area (Å²) in [6.07, 6.45) is 2.05. The van der Waals surface area contributed by atoms with Gasteiger partial charge in [0.25, 0.3) is 0 Å². The molecule has 2 nitrogen and oxygen atoms in total. The first-order valence-electron chi connectivity index (χ1n) is 5.98. The van der Waals surface area contributed by atoms with Crippen LogP contribution in [0.1, 0.15) is 11.1 Å². The Hall–Kier alpha value is -0.970. The highest BCUT2D eigenvalue weighted by Gasteiger charge is 2.08. The van der Waals surface area contributed by atoms with Gasteiger partial charge in [-0.05, 0) is 24.5 Å². The van der Waals surface area contributed by atoms with E-state index in [1.165, 1.54) is 4.90 Å². The van der Waals surface area contributed by atoms with Gasteiger partial charge in [0.15, 0.2) is 0 Å². The molecule has 19 heavy (non-hydrogen) atoms. The van der Waals surface area contributed by atoms with Crippen molar-refractivity contribution in [2.75, 3.05) is 6.26 Å². The lowest BCUT2D eigenvalue weighted by Gasteiger charge is -2.14. The monoisotopic (exact) mass is 337 g/mol. The Bertz CT molecular complexity index is 560. The van der Waals surface area contributed by atoms with Gasteiger partial charge in [-0.15, -0.1) is 11.8 Å². The van der Waals surface area contributed by atoms with Crippen LogP contribution in [0.5, 0.6) is 5.75 Å². The third-order valence-corrected chi connectivity index (χ3v) is 4.45. The van der Waals surface area contributed by atoms with E-state index in [4.69, 9.17) is 10.5 Å². The lowest BCUT2D eigenvalue weighted by molar-refractivity contribution is 0.301. The number of hydrogen-bond donors (Lipinski definition) is 1. The molecule has 0 unspecified atom stereocenters. The Labute approximate surface area is 126 Å². The zero-order valence-electron chi connectivity index (χ0n) is 10.7. The van der Waals surface area contributed by atoms with E-state index in [-0.39, 0.29) is 0 Å². The van der Waals surface area contributed by atoms with Gasteiger partial charge in [-0.2, -0.15) is 0 Å². The molecule has 0 bridgehead atoms. The summed E-state index contributed by atoms with van der Waals surface area (Å²) in [5.41, 5.74) is 8.02. The molecule has 0 aliphatic rings. The fourth-order valence-electron chi connectivity index (χ4n) is 1.84. The number of hydrogen-bond acceptors (Lipinski definition) is 3. The molecular formula is C15H16BrNOS. The molecule has 0 radical (unpaired) electrons. The van der Waals surface area contributed by atoms with Crippen LogP contribution in [0.2, 0.25) is 0 Å². The van der Waals surface area contributed by atoms with Gasteiger partial charge in [-0.3, -0.25) is 0 Å². The predicted molar refractivity (Wildman–Crippen MR) is 84.6 cm³/mol. The number of thioether (sulfide) groups is 1. The van der Waals surface area contributed by atoms with Gasteiger partial charge >= 0.3 is 0 Å². The van der Waals surface area contributed by atoms with Gasteiger partial charge < -0.3 is 10.5 Å². The fraction of sp³-hybridized carbons (Fsp3) is 0.200. The first kappa shape index (κ1) is 14.4. The van der Waals surface area contributed by atoms with E-state index < -0.39 is 0 Å². The Kier molecular flexibility index (Phi) is 5.31. The lowest BCUT2D eigenvalue weighted by Crippen LogP contribution is -2.04. The molecule has 0 amide bonds. The van der Waals surface area contributed by atoms with E-state index in [0.29, 0.717) is 13.2 Å². The van der Waals surface area contributed by atoms with Crippen LogP contribution in [0.4, 0.5) is 0 Å². The molecule has 2 rings (SSSR count). The van der Waals surface area contributed by atoms with Crippen molar-refractivity contribution in [3.05, 3.63) is 58.1 Å². The summed E-state index contributed by atoms with van der Waals surface area (Å²) < 4.78 is 6.97. The molecule has 2 N–H and O–H groups in total. The van der Waals surface area contributed by atoms with Gasteiger partial charge in [0.2, 0.25) is 0 Å². The average molecular weight is 338 g/mol. The summed E-state index contributed by atoms with van der Waals surface area (Å²) in [6.45, 7) is 1.02. The molecule has 0 saturated carbocycles. The molecule has 0 spiro atoms. The number of halogens is 1. The summed E-state index contributed by atoms with van der Waals surface area (Å²) in [4.78, 5) is 1.17. The second kappa shape index (κ2) is 6.98. The first-order valence-corrected chi connectivity index (χ1v) is 8.00. The Morgan fingerprint density at radius 1 is 1.16 bits per heavy atom. The maximum absolute atomic E-state index is 5.91. The zero-order chi connectivity index (χ0) is 13.7. The quantitative estimate of drug-likeness (QED) is 0.830. The van der Waals surface area contributed by atoms with Gasteiger partial charge in [0.1, 0.15) is 12.4 Å². The highest BCUT2D eigenvalue weighted by molar-refractivity contribution is 9.10. The molecule has 2 aromatic carbocycles. The Balaban J connectivity index is 2.18. The number of ether oxygens (including phenoxy) is 1. The van der Waals surface area contributed by atoms with E-state index >= 15 is 0 Å². The molecule has 0 aliphatic heterocycles. The van der Waals surface area contributed by atoms with Gasteiger partial charge in [0.05, 0.1) is 0 Å². The number of nitrogens with two attached hydrogens (primary N) is 1. The topological polar surface area (TPSA) is 35.2 Å². The number of benzene rings is 2. The molecule has 0 heterocycles. The molecule has 0 aliphatic carbocycles. The fourth-order valence-corrected chi connectivity index (χ4v) is 2.89. The third-order valence-electron chi connectivity index (χ3n) is 2.86. The summed E-state index contributed by atoms with van der Waals surface area (Å²) in [5, 5.41) is 0. The van der Waals surface area contributed by atoms with Crippen molar-refractivity contribution in [1.82, 2.24) is 0 Å². The third kappa shape index (κ3) is 3.53. The summed E-state index contributed by atoms with van der Waals surface area (Å²) >= 11 is 5.21. The summed E-state index contributed by atoms with van der Waals surface area (Å²) in [6, 6.07) is 14.1. The minimum atomic E-state index is 0.488. The van der Waals surface area contributed by atoms with Crippen LogP contribution in [0.15, 0.2) is 51.8 Å². The van der Waals surface area contributed by atoms with Crippen molar-refractivity contribution in [3.8, 4) is 5.75 Å². The minimum Gasteiger partial charge on any atom is -0.488 e. The maximum Gasteiger partial charge on any atom is 0.125 e. The van der Waals surface area contributed by atoms with Crippen LogP contribution in [0.3, 0.4) is 0 Å². The highest BCUT2D eigenvalue weighted by Crippen LogP contribution is 2.29. The van der Waals surface area contributed by atoms with Crippen LogP contribution >= 0.6 is 27.7 Å². The normalized spacial score (nSPS) is 10.5. The maximum atomic E-state index is 5.91.